The Bertz CT molecular complexity index is 524. The zero-order valence-electron chi connectivity index (χ0n) is 12.8. The van der Waals surface area contributed by atoms with Crippen LogP contribution in [0.25, 0.3) is 0 Å². The summed E-state index contributed by atoms with van der Waals surface area (Å²) in [6.45, 7) is 3.11. The molecule has 2 N–H and O–H groups in total. The van der Waals surface area contributed by atoms with Crippen molar-refractivity contribution in [3.8, 4) is 0 Å². The molecule has 122 valence electrons. The molecule has 0 fully saturated rings. The van der Waals surface area contributed by atoms with Crippen LogP contribution in [0.15, 0.2) is 18.2 Å². The van der Waals surface area contributed by atoms with Crippen molar-refractivity contribution in [1.29, 1.82) is 0 Å². The second-order valence-corrected chi connectivity index (χ2v) is 5.68. The van der Waals surface area contributed by atoms with Gasteiger partial charge < -0.3 is 15.5 Å². The van der Waals surface area contributed by atoms with Crippen LogP contribution in [0.4, 0.5) is 5.69 Å². The van der Waals surface area contributed by atoms with Gasteiger partial charge >= 0.3 is 0 Å². The summed E-state index contributed by atoms with van der Waals surface area (Å²) < 4.78 is 0. The van der Waals surface area contributed by atoms with Crippen molar-refractivity contribution in [3.63, 3.8) is 0 Å². The lowest BCUT2D eigenvalue weighted by Gasteiger charge is -2.21. The molecule has 5 nitrogen and oxygen atoms in total. The van der Waals surface area contributed by atoms with Crippen molar-refractivity contribution in [1.82, 2.24) is 10.2 Å². The topological polar surface area (TPSA) is 61.4 Å². The summed E-state index contributed by atoms with van der Waals surface area (Å²) >= 11 is 11.8. The fourth-order valence-corrected chi connectivity index (χ4v) is 2.36. The summed E-state index contributed by atoms with van der Waals surface area (Å²) in [6, 6.07) is 4.83. The highest BCUT2D eigenvalue weighted by molar-refractivity contribution is 6.36. The van der Waals surface area contributed by atoms with E-state index in [-0.39, 0.29) is 18.4 Å². The highest BCUT2D eigenvalue weighted by Gasteiger charge is 2.16. The first-order valence-electron chi connectivity index (χ1n) is 7.15. The Balaban J connectivity index is 2.64. The van der Waals surface area contributed by atoms with E-state index in [1.807, 2.05) is 6.92 Å². The van der Waals surface area contributed by atoms with Crippen LogP contribution in [0.3, 0.4) is 0 Å². The lowest BCUT2D eigenvalue weighted by atomic mass is 10.3. The molecule has 0 bridgehead atoms. The smallest absolute Gasteiger partial charge is 0.244 e. The van der Waals surface area contributed by atoms with Crippen molar-refractivity contribution in [2.75, 3.05) is 32.0 Å². The van der Waals surface area contributed by atoms with Gasteiger partial charge in [-0.1, -0.05) is 30.1 Å². The maximum atomic E-state index is 12.1. The summed E-state index contributed by atoms with van der Waals surface area (Å²) in [5.74, 6) is -0.330. The minimum absolute atomic E-state index is 0.00927. The van der Waals surface area contributed by atoms with Gasteiger partial charge in [0.05, 0.1) is 17.3 Å². The van der Waals surface area contributed by atoms with Crippen LogP contribution in [-0.2, 0) is 9.59 Å². The van der Waals surface area contributed by atoms with Gasteiger partial charge in [-0.2, -0.15) is 0 Å². The molecule has 1 aromatic rings. The van der Waals surface area contributed by atoms with E-state index in [2.05, 4.69) is 10.6 Å². The molecule has 0 radical (unpaired) electrons. The monoisotopic (exact) mass is 345 g/mol. The average Bonchev–Trinajstić information content (AvgIpc) is 2.47. The van der Waals surface area contributed by atoms with Gasteiger partial charge in [0.1, 0.15) is 0 Å². The van der Waals surface area contributed by atoms with Gasteiger partial charge in [-0.25, -0.2) is 0 Å². The predicted molar refractivity (Wildman–Crippen MR) is 90.5 cm³/mol. The van der Waals surface area contributed by atoms with E-state index >= 15 is 0 Å². The number of benzene rings is 1. The Morgan fingerprint density at radius 3 is 2.59 bits per heavy atom. The van der Waals surface area contributed by atoms with Crippen molar-refractivity contribution in [3.05, 3.63) is 28.2 Å². The fraction of sp³-hybridized carbons (Fsp3) is 0.467. The number of amides is 2. The quantitative estimate of drug-likeness (QED) is 0.761. The molecular formula is C15H21Cl2N3O2. The first kappa shape index (κ1) is 18.7. The van der Waals surface area contributed by atoms with Gasteiger partial charge in [0.2, 0.25) is 11.8 Å². The number of carbonyl (C=O) groups is 2. The van der Waals surface area contributed by atoms with Crippen LogP contribution in [0.1, 0.15) is 19.8 Å². The molecule has 0 spiro atoms. The lowest BCUT2D eigenvalue weighted by Crippen LogP contribution is -2.39. The fourth-order valence-electron chi connectivity index (χ4n) is 1.91. The second kappa shape index (κ2) is 9.66. The van der Waals surface area contributed by atoms with Gasteiger partial charge in [0.15, 0.2) is 0 Å². The zero-order chi connectivity index (χ0) is 16.5. The molecule has 0 atom stereocenters. The third kappa shape index (κ3) is 6.22. The molecular weight excluding hydrogens is 325 g/mol. The van der Waals surface area contributed by atoms with Crippen LogP contribution in [-0.4, -0.2) is 43.4 Å². The van der Waals surface area contributed by atoms with E-state index in [1.54, 1.807) is 30.1 Å². The summed E-state index contributed by atoms with van der Waals surface area (Å²) in [6.07, 6.45) is 1.16. The number of hydrogen-bond acceptors (Lipinski definition) is 3. The predicted octanol–water partition coefficient (Wildman–Crippen LogP) is 2.78. The number of nitrogens with one attached hydrogen (secondary N) is 2. The zero-order valence-corrected chi connectivity index (χ0v) is 14.3. The minimum atomic E-state index is -0.282. The molecule has 0 saturated carbocycles. The van der Waals surface area contributed by atoms with Gasteiger partial charge in [-0.05, 0) is 31.7 Å². The molecule has 1 rings (SSSR count). The molecule has 22 heavy (non-hydrogen) atoms. The Labute approximate surface area is 141 Å². The summed E-state index contributed by atoms with van der Waals surface area (Å²) in [7, 11) is 1.78. The number of rotatable bonds is 8. The molecule has 0 unspecified atom stereocenters. The number of halogens is 2. The van der Waals surface area contributed by atoms with Gasteiger partial charge in [0, 0.05) is 24.5 Å². The second-order valence-electron chi connectivity index (χ2n) is 4.84. The maximum absolute atomic E-state index is 12.1. The van der Waals surface area contributed by atoms with Gasteiger partial charge in [-0.15, -0.1) is 0 Å². The highest BCUT2D eigenvalue weighted by Crippen LogP contribution is 2.25. The molecule has 2 amide bonds. The normalized spacial score (nSPS) is 10.4. The van der Waals surface area contributed by atoms with E-state index in [0.717, 1.165) is 6.42 Å². The number of hydrogen-bond donors (Lipinski definition) is 2. The summed E-state index contributed by atoms with van der Waals surface area (Å²) in [5, 5.41) is 6.48. The van der Waals surface area contributed by atoms with Crippen molar-refractivity contribution in [2.45, 2.75) is 19.8 Å². The maximum Gasteiger partial charge on any atom is 0.244 e. The Kier molecular flexibility index (Phi) is 8.24. The van der Waals surface area contributed by atoms with Crippen LogP contribution in [0.2, 0.25) is 10.0 Å². The van der Waals surface area contributed by atoms with E-state index < -0.39 is 0 Å². The Hall–Kier alpha value is -1.30. The minimum Gasteiger partial charge on any atom is -0.333 e. The van der Waals surface area contributed by atoms with E-state index in [0.29, 0.717) is 35.2 Å². The van der Waals surface area contributed by atoms with Gasteiger partial charge in [-0.3, -0.25) is 9.59 Å². The van der Waals surface area contributed by atoms with E-state index in [4.69, 9.17) is 23.2 Å². The van der Waals surface area contributed by atoms with Crippen LogP contribution < -0.4 is 10.6 Å². The highest BCUT2D eigenvalue weighted by atomic mass is 35.5. The SMILES string of the molecule is CCCN(CC(=O)Nc1ccc(Cl)cc1Cl)C(=O)CCNC. The molecule has 0 aromatic heterocycles. The average molecular weight is 346 g/mol. The van der Waals surface area contributed by atoms with Crippen LogP contribution in [0.5, 0.6) is 0 Å². The standard InChI is InChI=1S/C15H21Cl2N3O2/c1-3-8-20(15(22)6-7-18-2)10-14(21)19-13-5-4-11(16)9-12(13)17/h4-5,9,18H,3,6-8,10H2,1-2H3,(H,19,21). The summed E-state index contributed by atoms with van der Waals surface area (Å²) in [4.78, 5) is 25.7. The third-order valence-corrected chi connectivity index (χ3v) is 3.52. The molecule has 7 heteroatoms. The first-order valence-corrected chi connectivity index (χ1v) is 7.90. The van der Waals surface area contributed by atoms with Crippen LogP contribution >= 0.6 is 23.2 Å². The summed E-state index contributed by atoms with van der Waals surface area (Å²) in [5.41, 5.74) is 0.482. The molecule has 0 aliphatic heterocycles. The number of anilines is 1. The van der Waals surface area contributed by atoms with E-state index in [1.165, 1.54) is 0 Å². The molecule has 1 aromatic carbocycles. The largest absolute Gasteiger partial charge is 0.333 e. The van der Waals surface area contributed by atoms with Gasteiger partial charge in [0.25, 0.3) is 0 Å². The van der Waals surface area contributed by atoms with Crippen molar-refractivity contribution >= 4 is 40.7 Å². The van der Waals surface area contributed by atoms with Crippen LogP contribution in [0, 0.1) is 0 Å². The van der Waals surface area contributed by atoms with Crippen molar-refractivity contribution < 1.29 is 9.59 Å². The first-order chi connectivity index (χ1) is 10.5. The molecule has 0 aliphatic rings. The van der Waals surface area contributed by atoms with Crippen molar-refractivity contribution in [2.24, 2.45) is 0 Å². The lowest BCUT2D eigenvalue weighted by molar-refractivity contribution is -0.134. The molecule has 0 aliphatic carbocycles. The Morgan fingerprint density at radius 1 is 1.27 bits per heavy atom. The molecule has 0 heterocycles. The third-order valence-electron chi connectivity index (χ3n) is 2.97. The molecule has 0 saturated heterocycles. The Morgan fingerprint density at radius 2 is 2.00 bits per heavy atom. The number of carbonyl (C=O) groups excluding carboxylic acids is 2. The van der Waals surface area contributed by atoms with E-state index in [9.17, 15) is 9.59 Å². The number of nitrogens with zero attached hydrogens (tertiary/aromatic N) is 1.